The number of piperidine rings is 1. The number of carbonyl (C=O) groups is 1. The van der Waals surface area contributed by atoms with Crippen molar-refractivity contribution in [1.82, 2.24) is 10.2 Å². The first kappa shape index (κ1) is 24.4. The van der Waals surface area contributed by atoms with Crippen LogP contribution < -0.4 is 10.1 Å². The van der Waals surface area contributed by atoms with Crippen LogP contribution in [0.3, 0.4) is 0 Å². The quantitative estimate of drug-likeness (QED) is 0.521. The van der Waals surface area contributed by atoms with E-state index in [1.54, 1.807) is 0 Å². The van der Waals surface area contributed by atoms with Crippen molar-refractivity contribution in [2.24, 2.45) is 17.3 Å². The van der Waals surface area contributed by atoms with E-state index in [4.69, 9.17) is 9.47 Å². The number of methoxy groups -OCH3 is 1. The second kappa shape index (κ2) is 8.31. The molecular weight excluding hydrogens is 488 g/mol. The summed E-state index contributed by atoms with van der Waals surface area (Å²) in [4.78, 5) is 14.7. The van der Waals surface area contributed by atoms with E-state index in [-0.39, 0.29) is 35.4 Å². The maximum absolute atomic E-state index is 11.8. The van der Waals surface area contributed by atoms with Crippen LogP contribution >= 0.6 is 0 Å². The lowest BCUT2D eigenvalue weighted by molar-refractivity contribution is -0.282. The van der Waals surface area contributed by atoms with Crippen molar-refractivity contribution in [1.29, 1.82) is 0 Å². The first-order valence-corrected chi connectivity index (χ1v) is 15.0. The van der Waals surface area contributed by atoms with Gasteiger partial charge in [0.2, 0.25) is 0 Å². The summed E-state index contributed by atoms with van der Waals surface area (Å²) in [6.45, 7) is 4.49. The molecule has 0 aromatic heterocycles. The molecule has 206 valence electrons. The zero-order valence-electron chi connectivity index (χ0n) is 23.1. The standard InChI is InChI=1S/C33H40N2O4/c1-20-8-11-23-16-25-31-12-13-33(38-2,24(17-31)28(34-18-26(36)37)22-6-4-3-5-7-22)30-32(31,27(23)29(20)39-30)14-15-35(25)19-21-9-10-21/h3-8,11,21,24-25,28,30,34H,9-10,12-19H2,1-2H3,(H,36,37)/t24-,25-,28?,30-,31-,32+,33-/m1/s1. The van der Waals surface area contributed by atoms with Crippen molar-refractivity contribution in [3.8, 4) is 5.75 Å². The minimum Gasteiger partial charge on any atom is -0.486 e. The summed E-state index contributed by atoms with van der Waals surface area (Å²) in [5.41, 5.74) is 4.94. The van der Waals surface area contributed by atoms with Crippen LogP contribution in [0.2, 0.25) is 0 Å². The Balaban J connectivity index is 1.32. The number of nitrogens with zero attached hydrogens (tertiary/aromatic N) is 1. The molecule has 39 heavy (non-hydrogen) atoms. The van der Waals surface area contributed by atoms with Gasteiger partial charge in [-0.1, -0.05) is 42.5 Å². The van der Waals surface area contributed by atoms with Crippen molar-refractivity contribution in [3.05, 3.63) is 64.7 Å². The molecule has 2 spiro atoms. The van der Waals surface area contributed by atoms with Gasteiger partial charge in [0.05, 0.1) is 6.54 Å². The van der Waals surface area contributed by atoms with Crippen LogP contribution in [-0.4, -0.2) is 60.5 Å². The fourth-order valence-electron chi connectivity index (χ4n) is 10.3. The van der Waals surface area contributed by atoms with Crippen LogP contribution in [0.25, 0.3) is 0 Å². The van der Waals surface area contributed by atoms with Crippen LogP contribution in [0.1, 0.15) is 66.8 Å². The molecule has 0 radical (unpaired) electrons. The van der Waals surface area contributed by atoms with Crippen LogP contribution in [0, 0.1) is 24.2 Å². The van der Waals surface area contributed by atoms with Crippen LogP contribution in [0.15, 0.2) is 42.5 Å². The number of benzene rings is 2. The Morgan fingerprint density at radius 1 is 1.18 bits per heavy atom. The lowest BCUT2D eigenvalue weighted by atomic mass is 9.34. The zero-order chi connectivity index (χ0) is 26.6. The van der Waals surface area contributed by atoms with E-state index in [1.807, 2.05) is 13.2 Å². The van der Waals surface area contributed by atoms with E-state index in [0.29, 0.717) is 6.04 Å². The third kappa shape index (κ3) is 3.06. The molecule has 4 saturated carbocycles. The molecular formula is C33H40N2O4. The number of carboxylic acids is 1. The van der Waals surface area contributed by atoms with Crippen LogP contribution in [0.5, 0.6) is 5.75 Å². The number of aliphatic carboxylic acids is 1. The number of carboxylic acid groups (broad SMARTS) is 1. The number of fused-ring (bicyclic) bond motifs is 2. The number of nitrogens with one attached hydrogen (secondary N) is 1. The summed E-state index contributed by atoms with van der Waals surface area (Å²) < 4.78 is 14.0. The average molecular weight is 529 g/mol. The highest BCUT2D eigenvalue weighted by molar-refractivity contribution is 5.69. The Morgan fingerprint density at radius 2 is 2.00 bits per heavy atom. The Hall–Kier alpha value is -2.41. The molecule has 0 amide bonds. The van der Waals surface area contributed by atoms with Gasteiger partial charge < -0.3 is 14.6 Å². The van der Waals surface area contributed by atoms with Gasteiger partial charge in [-0.2, -0.15) is 0 Å². The van der Waals surface area contributed by atoms with E-state index >= 15 is 0 Å². The summed E-state index contributed by atoms with van der Waals surface area (Å²) in [5.74, 6) is 1.26. The van der Waals surface area contributed by atoms with Crippen molar-refractivity contribution < 1.29 is 19.4 Å². The van der Waals surface area contributed by atoms with Crippen molar-refractivity contribution >= 4 is 5.97 Å². The van der Waals surface area contributed by atoms with Gasteiger partial charge in [-0.15, -0.1) is 0 Å². The maximum Gasteiger partial charge on any atom is 0.317 e. The Labute approximate surface area is 231 Å². The fourth-order valence-corrected chi connectivity index (χ4v) is 10.3. The second-order valence-corrected chi connectivity index (χ2v) is 13.4. The predicted octanol–water partition coefficient (Wildman–Crippen LogP) is 4.64. The SMILES string of the molecule is CO[C@]12CC[C@@]3(C[C@@H]1C(NCC(=O)O)c1ccccc1)[C@H]1Cc4ccc(C)c5c4[C@@]3(CCN1CC1CC1)[C@H]2O5. The molecule has 9 rings (SSSR count). The second-order valence-electron chi connectivity index (χ2n) is 13.4. The molecule has 1 unspecified atom stereocenters. The smallest absolute Gasteiger partial charge is 0.317 e. The maximum atomic E-state index is 11.8. The monoisotopic (exact) mass is 528 g/mol. The molecule has 2 aromatic carbocycles. The van der Waals surface area contributed by atoms with E-state index in [9.17, 15) is 9.90 Å². The minimum absolute atomic E-state index is 0.0363. The van der Waals surface area contributed by atoms with Gasteiger partial charge in [0.1, 0.15) is 17.5 Å². The van der Waals surface area contributed by atoms with Crippen molar-refractivity contribution in [3.63, 3.8) is 0 Å². The third-order valence-corrected chi connectivity index (χ3v) is 12.0. The third-order valence-electron chi connectivity index (χ3n) is 12.0. The zero-order valence-corrected chi connectivity index (χ0v) is 23.1. The molecule has 7 atom stereocenters. The Kier molecular flexibility index (Phi) is 5.20. The number of aryl methyl sites for hydroxylation is 1. The van der Waals surface area contributed by atoms with Crippen LogP contribution in [0.4, 0.5) is 0 Å². The molecule has 6 nitrogen and oxygen atoms in total. The van der Waals surface area contributed by atoms with Gasteiger partial charge in [0.15, 0.2) is 0 Å². The van der Waals surface area contributed by atoms with E-state index in [2.05, 4.69) is 53.5 Å². The molecule has 2 aliphatic heterocycles. The van der Waals surface area contributed by atoms with E-state index in [0.717, 1.165) is 55.9 Å². The largest absolute Gasteiger partial charge is 0.486 e. The average Bonchev–Trinajstić information content (AvgIpc) is 3.69. The molecule has 2 heterocycles. The normalized spacial score (nSPS) is 38.3. The minimum atomic E-state index is -0.826. The number of likely N-dealkylation sites (tertiary alicyclic amines) is 1. The first-order valence-electron chi connectivity index (χ1n) is 15.0. The summed E-state index contributed by atoms with van der Waals surface area (Å²) >= 11 is 0. The fraction of sp³-hybridized carbons (Fsp3) is 0.606. The molecule has 5 fully saturated rings. The molecule has 5 aliphatic carbocycles. The predicted molar refractivity (Wildman–Crippen MR) is 148 cm³/mol. The van der Waals surface area contributed by atoms with Crippen LogP contribution in [-0.2, 0) is 21.4 Å². The summed E-state index contributed by atoms with van der Waals surface area (Å²) in [6, 6.07) is 15.5. The molecule has 7 aliphatic rings. The topological polar surface area (TPSA) is 71.0 Å². The number of rotatable bonds is 8. The Morgan fingerprint density at radius 3 is 2.74 bits per heavy atom. The van der Waals surface area contributed by atoms with Gasteiger partial charge in [-0.3, -0.25) is 15.0 Å². The highest BCUT2D eigenvalue weighted by Crippen LogP contribution is 2.77. The molecule has 4 bridgehead atoms. The highest BCUT2D eigenvalue weighted by atomic mass is 16.6. The van der Waals surface area contributed by atoms with E-state index < -0.39 is 11.6 Å². The molecule has 2 aromatic rings. The number of ether oxygens (including phenoxy) is 2. The van der Waals surface area contributed by atoms with Gasteiger partial charge in [-0.25, -0.2) is 0 Å². The first-order chi connectivity index (χ1) is 18.9. The summed E-state index contributed by atoms with van der Waals surface area (Å²) in [6.07, 6.45) is 8.05. The number of hydrogen-bond donors (Lipinski definition) is 2. The molecule has 2 N–H and O–H groups in total. The van der Waals surface area contributed by atoms with Gasteiger partial charge in [0.25, 0.3) is 0 Å². The lowest BCUT2D eigenvalue weighted by Gasteiger charge is -2.74. The summed E-state index contributed by atoms with van der Waals surface area (Å²) in [5, 5.41) is 13.2. The Bertz CT molecular complexity index is 1330. The van der Waals surface area contributed by atoms with E-state index in [1.165, 1.54) is 36.1 Å². The number of hydrogen-bond acceptors (Lipinski definition) is 5. The highest BCUT2D eigenvalue weighted by Gasteiger charge is 2.81. The lowest BCUT2D eigenvalue weighted by Crippen LogP contribution is -2.81. The van der Waals surface area contributed by atoms with Crippen molar-refractivity contribution in [2.75, 3.05) is 26.7 Å². The molecule has 6 heteroatoms. The van der Waals surface area contributed by atoms with Gasteiger partial charge in [-0.05, 0) is 81.0 Å². The van der Waals surface area contributed by atoms with Gasteiger partial charge in [0, 0.05) is 48.0 Å². The summed E-state index contributed by atoms with van der Waals surface area (Å²) in [7, 11) is 1.88. The molecule has 1 saturated heterocycles. The van der Waals surface area contributed by atoms with Crippen molar-refractivity contribution in [2.45, 2.75) is 81.1 Å². The van der Waals surface area contributed by atoms with Gasteiger partial charge >= 0.3 is 5.97 Å².